The molecule has 6 heteroatoms. The highest BCUT2D eigenvalue weighted by Gasteiger charge is 2.19. The van der Waals surface area contributed by atoms with Crippen LogP contribution in [-0.4, -0.2) is 41.1 Å². The van der Waals surface area contributed by atoms with Crippen LogP contribution in [-0.2, 0) is 6.54 Å². The van der Waals surface area contributed by atoms with Crippen molar-refractivity contribution in [2.45, 2.75) is 6.54 Å². The number of thiocarbonyl (C=S) groups is 1. The standard InChI is InChI=1S/C16H18ClN3OS/c17-13-3-1-4-14(11-13)18-16(22)20-8-6-19(7-9-20)12-15-5-2-10-21-15/h1-5,10-11H,6-9,12H2,(H,18,22). The molecule has 0 aliphatic carbocycles. The second-order valence-electron chi connectivity index (χ2n) is 5.28. The Hall–Kier alpha value is -1.56. The average molecular weight is 336 g/mol. The van der Waals surface area contributed by atoms with Crippen LogP contribution in [0.3, 0.4) is 0 Å². The number of nitrogens with one attached hydrogen (secondary N) is 1. The first-order valence-electron chi connectivity index (χ1n) is 7.27. The Morgan fingerprint density at radius 3 is 2.68 bits per heavy atom. The number of nitrogens with zero attached hydrogens (tertiary/aromatic N) is 2. The van der Waals surface area contributed by atoms with Crippen molar-refractivity contribution in [2.24, 2.45) is 0 Å². The molecule has 1 aliphatic heterocycles. The van der Waals surface area contributed by atoms with E-state index in [9.17, 15) is 0 Å². The number of piperazine rings is 1. The highest BCUT2D eigenvalue weighted by Crippen LogP contribution is 2.16. The lowest BCUT2D eigenvalue weighted by Crippen LogP contribution is -2.49. The van der Waals surface area contributed by atoms with Crippen LogP contribution < -0.4 is 5.32 Å². The zero-order valence-electron chi connectivity index (χ0n) is 12.2. The predicted molar refractivity (Wildman–Crippen MR) is 93.2 cm³/mol. The van der Waals surface area contributed by atoms with Crippen LogP contribution in [0, 0.1) is 0 Å². The first-order chi connectivity index (χ1) is 10.7. The summed E-state index contributed by atoms with van der Waals surface area (Å²) in [6, 6.07) is 11.5. The van der Waals surface area contributed by atoms with Gasteiger partial charge in [-0.15, -0.1) is 0 Å². The third-order valence-corrected chi connectivity index (χ3v) is 4.29. The van der Waals surface area contributed by atoms with Crippen molar-refractivity contribution in [3.8, 4) is 0 Å². The second kappa shape index (κ2) is 7.13. The molecule has 2 aromatic rings. The first kappa shape index (κ1) is 15.3. The van der Waals surface area contributed by atoms with Crippen LogP contribution in [0.1, 0.15) is 5.76 Å². The van der Waals surface area contributed by atoms with E-state index in [1.54, 1.807) is 6.26 Å². The molecule has 0 radical (unpaired) electrons. The van der Waals surface area contributed by atoms with Gasteiger partial charge in [-0.2, -0.15) is 0 Å². The van der Waals surface area contributed by atoms with E-state index in [2.05, 4.69) is 15.1 Å². The third-order valence-electron chi connectivity index (χ3n) is 3.69. The molecule has 3 rings (SSSR count). The minimum atomic E-state index is 0.705. The summed E-state index contributed by atoms with van der Waals surface area (Å²) in [5.41, 5.74) is 0.926. The molecule has 1 N–H and O–H groups in total. The van der Waals surface area contributed by atoms with E-state index < -0.39 is 0 Å². The Bertz CT molecular complexity index is 624. The Labute approximate surface area is 140 Å². The summed E-state index contributed by atoms with van der Waals surface area (Å²) < 4.78 is 5.39. The maximum absolute atomic E-state index is 5.99. The highest BCUT2D eigenvalue weighted by atomic mass is 35.5. The number of furan rings is 1. The van der Waals surface area contributed by atoms with Crippen molar-refractivity contribution >= 4 is 34.6 Å². The average Bonchev–Trinajstić information content (AvgIpc) is 3.01. The molecule has 0 bridgehead atoms. The Morgan fingerprint density at radius 1 is 1.18 bits per heavy atom. The molecule has 0 atom stereocenters. The molecule has 0 saturated carbocycles. The second-order valence-corrected chi connectivity index (χ2v) is 6.11. The Balaban J connectivity index is 1.49. The van der Waals surface area contributed by atoms with Gasteiger partial charge in [-0.3, -0.25) is 4.90 Å². The number of rotatable bonds is 3. The van der Waals surface area contributed by atoms with E-state index in [1.807, 2.05) is 36.4 Å². The highest BCUT2D eigenvalue weighted by molar-refractivity contribution is 7.80. The number of hydrogen-bond donors (Lipinski definition) is 1. The molecule has 1 aromatic carbocycles. The molecular formula is C16H18ClN3OS. The van der Waals surface area contributed by atoms with Crippen molar-refractivity contribution in [1.82, 2.24) is 9.80 Å². The van der Waals surface area contributed by atoms with Crippen molar-refractivity contribution in [3.63, 3.8) is 0 Å². The fourth-order valence-electron chi connectivity index (χ4n) is 2.50. The van der Waals surface area contributed by atoms with Crippen LogP contribution in [0.2, 0.25) is 5.02 Å². The van der Waals surface area contributed by atoms with Gasteiger partial charge in [-0.25, -0.2) is 0 Å². The molecule has 0 unspecified atom stereocenters. The first-order valence-corrected chi connectivity index (χ1v) is 8.05. The molecule has 2 heterocycles. The summed E-state index contributed by atoms with van der Waals surface area (Å²) in [6.45, 7) is 4.62. The van der Waals surface area contributed by atoms with Gasteiger partial charge in [-0.1, -0.05) is 17.7 Å². The maximum Gasteiger partial charge on any atom is 0.173 e. The summed E-state index contributed by atoms with van der Waals surface area (Å²) >= 11 is 11.5. The number of benzene rings is 1. The molecule has 0 spiro atoms. The largest absolute Gasteiger partial charge is 0.468 e. The van der Waals surface area contributed by atoms with E-state index in [0.29, 0.717) is 5.02 Å². The van der Waals surface area contributed by atoms with Gasteiger partial charge in [0.25, 0.3) is 0 Å². The molecule has 0 amide bonds. The summed E-state index contributed by atoms with van der Waals surface area (Å²) in [5, 5.41) is 4.70. The topological polar surface area (TPSA) is 31.6 Å². The van der Waals surface area contributed by atoms with E-state index in [-0.39, 0.29) is 0 Å². The normalized spacial score (nSPS) is 15.8. The summed E-state index contributed by atoms with van der Waals surface area (Å²) in [6.07, 6.45) is 1.72. The summed E-state index contributed by atoms with van der Waals surface area (Å²) in [7, 11) is 0. The van der Waals surface area contributed by atoms with Gasteiger partial charge in [0, 0.05) is 36.9 Å². The van der Waals surface area contributed by atoms with Gasteiger partial charge in [0.15, 0.2) is 5.11 Å². The SMILES string of the molecule is S=C(Nc1cccc(Cl)c1)N1CCN(Cc2ccco2)CC1. The molecule has 4 nitrogen and oxygen atoms in total. The maximum atomic E-state index is 5.99. The summed E-state index contributed by atoms with van der Waals surface area (Å²) in [4.78, 5) is 4.56. The van der Waals surface area contributed by atoms with Gasteiger partial charge in [0.2, 0.25) is 0 Å². The molecule has 116 valence electrons. The Morgan fingerprint density at radius 2 is 2.00 bits per heavy atom. The van der Waals surface area contributed by atoms with E-state index in [1.165, 1.54) is 0 Å². The molecule has 1 aromatic heterocycles. The zero-order chi connectivity index (χ0) is 15.4. The lowest BCUT2D eigenvalue weighted by atomic mass is 10.3. The van der Waals surface area contributed by atoms with Crippen LogP contribution in [0.4, 0.5) is 5.69 Å². The number of anilines is 1. The van der Waals surface area contributed by atoms with Gasteiger partial charge in [0.05, 0.1) is 12.8 Å². The smallest absolute Gasteiger partial charge is 0.173 e. The van der Waals surface area contributed by atoms with Crippen LogP contribution in [0.5, 0.6) is 0 Å². The Kier molecular flexibility index (Phi) is 4.97. The van der Waals surface area contributed by atoms with Crippen LogP contribution >= 0.6 is 23.8 Å². The van der Waals surface area contributed by atoms with Gasteiger partial charge >= 0.3 is 0 Å². The number of halogens is 1. The molecule has 1 aliphatic rings. The quantitative estimate of drug-likeness (QED) is 0.868. The molecule has 22 heavy (non-hydrogen) atoms. The fraction of sp³-hybridized carbons (Fsp3) is 0.312. The predicted octanol–water partition coefficient (Wildman–Crippen LogP) is 3.45. The van der Waals surface area contributed by atoms with Crippen LogP contribution in [0.25, 0.3) is 0 Å². The van der Waals surface area contributed by atoms with E-state index >= 15 is 0 Å². The van der Waals surface area contributed by atoms with Crippen molar-refractivity contribution in [2.75, 3.05) is 31.5 Å². The lowest BCUT2D eigenvalue weighted by molar-refractivity contribution is 0.166. The number of hydrogen-bond acceptors (Lipinski definition) is 3. The van der Waals surface area contributed by atoms with Gasteiger partial charge in [-0.05, 0) is 42.5 Å². The van der Waals surface area contributed by atoms with Crippen LogP contribution in [0.15, 0.2) is 47.1 Å². The molecular weight excluding hydrogens is 318 g/mol. The molecule has 1 saturated heterocycles. The fourth-order valence-corrected chi connectivity index (χ4v) is 2.99. The van der Waals surface area contributed by atoms with Gasteiger partial charge < -0.3 is 14.6 Å². The lowest BCUT2D eigenvalue weighted by Gasteiger charge is -2.35. The van der Waals surface area contributed by atoms with E-state index in [4.69, 9.17) is 28.2 Å². The third kappa shape index (κ3) is 4.00. The van der Waals surface area contributed by atoms with Crippen molar-refractivity contribution < 1.29 is 4.42 Å². The van der Waals surface area contributed by atoms with Crippen molar-refractivity contribution in [3.05, 3.63) is 53.4 Å². The minimum absolute atomic E-state index is 0.705. The van der Waals surface area contributed by atoms with Gasteiger partial charge in [0.1, 0.15) is 5.76 Å². The minimum Gasteiger partial charge on any atom is -0.468 e. The van der Waals surface area contributed by atoms with E-state index in [0.717, 1.165) is 49.3 Å². The monoisotopic (exact) mass is 335 g/mol. The summed E-state index contributed by atoms with van der Waals surface area (Å²) in [5.74, 6) is 1.01. The molecule has 1 fully saturated rings. The van der Waals surface area contributed by atoms with Crippen molar-refractivity contribution in [1.29, 1.82) is 0 Å². The zero-order valence-corrected chi connectivity index (χ0v) is 13.7.